The molecule has 2 aromatic rings. The van der Waals surface area contributed by atoms with Crippen LogP contribution in [0.5, 0.6) is 0 Å². The first-order valence-electron chi connectivity index (χ1n) is 11.0. The van der Waals surface area contributed by atoms with Crippen LogP contribution in [0.1, 0.15) is 63.9 Å². The van der Waals surface area contributed by atoms with Crippen molar-refractivity contribution in [2.45, 2.75) is 63.8 Å². The molecule has 0 saturated carbocycles. The van der Waals surface area contributed by atoms with E-state index in [1.165, 1.54) is 0 Å². The second-order valence-electron chi connectivity index (χ2n) is 9.86. The molecular formula is C24H34Cl4N4O2. The zero-order chi connectivity index (χ0) is 25.8. The summed E-state index contributed by atoms with van der Waals surface area (Å²) in [6.45, 7) is 8.96. The number of hydrogen-bond acceptors (Lipinski definition) is 6. The van der Waals surface area contributed by atoms with Crippen LogP contribution in [0.15, 0.2) is 24.3 Å². The maximum atomic E-state index is 10.6. The monoisotopic (exact) mass is 550 g/mol. The van der Waals surface area contributed by atoms with E-state index in [1.807, 2.05) is 0 Å². The molecule has 0 radical (unpaired) electrons. The SMILES string of the molecule is CC(C)(CCC(C)(C)NCC(O)c1cc(Cl)c(N)c(Cl)c1)NCC(O)c1cc(Cl)c(N)c(Cl)c1. The fourth-order valence-electron chi connectivity index (χ4n) is 3.38. The average molecular weight is 552 g/mol. The smallest absolute Gasteiger partial charge is 0.0915 e. The van der Waals surface area contributed by atoms with Gasteiger partial charge in [0, 0.05) is 24.2 Å². The molecule has 0 aliphatic heterocycles. The summed E-state index contributed by atoms with van der Waals surface area (Å²) in [7, 11) is 0. The Morgan fingerprint density at radius 1 is 0.676 bits per heavy atom. The third kappa shape index (κ3) is 8.32. The lowest BCUT2D eigenvalue weighted by Gasteiger charge is -2.34. The molecule has 0 spiro atoms. The molecule has 2 rings (SSSR count). The number of halogens is 4. The second kappa shape index (κ2) is 11.8. The van der Waals surface area contributed by atoms with E-state index in [9.17, 15) is 10.2 Å². The lowest BCUT2D eigenvalue weighted by molar-refractivity contribution is 0.148. The Kier molecular flexibility index (Phi) is 10.2. The highest BCUT2D eigenvalue weighted by Gasteiger charge is 2.26. The lowest BCUT2D eigenvalue weighted by atomic mass is 9.89. The van der Waals surface area contributed by atoms with Crippen molar-refractivity contribution in [3.05, 3.63) is 55.5 Å². The lowest BCUT2D eigenvalue weighted by Crippen LogP contribution is -2.46. The Morgan fingerprint density at radius 2 is 0.941 bits per heavy atom. The summed E-state index contributed by atoms with van der Waals surface area (Å²) in [4.78, 5) is 0. The van der Waals surface area contributed by atoms with Crippen molar-refractivity contribution >= 4 is 57.8 Å². The Bertz CT molecular complexity index is 875. The molecule has 8 N–H and O–H groups in total. The van der Waals surface area contributed by atoms with Crippen LogP contribution in [0.3, 0.4) is 0 Å². The molecule has 2 aromatic carbocycles. The van der Waals surface area contributed by atoms with Crippen LogP contribution in [-0.2, 0) is 0 Å². The molecular weight excluding hydrogens is 518 g/mol. The van der Waals surface area contributed by atoms with Crippen LogP contribution < -0.4 is 22.1 Å². The molecule has 0 aromatic heterocycles. The highest BCUT2D eigenvalue weighted by Crippen LogP contribution is 2.32. The van der Waals surface area contributed by atoms with Crippen molar-refractivity contribution in [1.29, 1.82) is 0 Å². The van der Waals surface area contributed by atoms with Crippen molar-refractivity contribution in [3.63, 3.8) is 0 Å². The van der Waals surface area contributed by atoms with Crippen molar-refractivity contribution < 1.29 is 10.2 Å². The minimum atomic E-state index is -0.783. The quantitative estimate of drug-likeness (QED) is 0.198. The molecule has 10 heteroatoms. The van der Waals surface area contributed by atoms with Crippen LogP contribution in [0.2, 0.25) is 20.1 Å². The van der Waals surface area contributed by atoms with E-state index < -0.39 is 12.2 Å². The highest BCUT2D eigenvalue weighted by molar-refractivity contribution is 6.39. The molecule has 0 saturated heterocycles. The van der Waals surface area contributed by atoms with Gasteiger partial charge in [0.05, 0.1) is 43.7 Å². The highest BCUT2D eigenvalue weighted by atomic mass is 35.5. The number of nitrogens with two attached hydrogens (primary N) is 2. The number of nitrogens with one attached hydrogen (secondary N) is 2. The van der Waals surface area contributed by atoms with E-state index in [0.29, 0.717) is 55.7 Å². The molecule has 6 nitrogen and oxygen atoms in total. The minimum Gasteiger partial charge on any atom is -0.396 e. The molecule has 0 aliphatic rings. The number of rotatable bonds is 11. The molecule has 2 unspecified atom stereocenters. The van der Waals surface area contributed by atoms with Gasteiger partial charge in [0.25, 0.3) is 0 Å². The van der Waals surface area contributed by atoms with Crippen LogP contribution in [-0.4, -0.2) is 34.4 Å². The molecule has 0 aliphatic carbocycles. The molecule has 2 atom stereocenters. The molecule has 0 heterocycles. The topological polar surface area (TPSA) is 117 Å². The van der Waals surface area contributed by atoms with Gasteiger partial charge < -0.3 is 32.3 Å². The van der Waals surface area contributed by atoms with Crippen LogP contribution >= 0.6 is 46.4 Å². The maximum absolute atomic E-state index is 10.6. The summed E-state index contributed by atoms with van der Waals surface area (Å²) in [5.41, 5.74) is 12.8. The van der Waals surface area contributed by atoms with Gasteiger partial charge in [0.2, 0.25) is 0 Å². The number of aliphatic hydroxyl groups is 2. The fraction of sp³-hybridized carbons (Fsp3) is 0.500. The number of β-amino-alcohol motifs (C(OH)–C–C–N with tert-alkyl or cyclic N) is 2. The van der Waals surface area contributed by atoms with Crippen LogP contribution in [0.4, 0.5) is 11.4 Å². The van der Waals surface area contributed by atoms with E-state index in [2.05, 4.69) is 38.3 Å². The first-order chi connectivity index (χ1) is 15.6. The first kappa shape index (κ1) is 29.3. The summed E-state index contributed by atoms with van der Waals surface area (Å²) in [6, 6.07) is 6.51. The normalized spacial score (nSPS) is 14.3. The van der Waals surface area contributed by atoms with E-state index in [4.69, 9.17) is 57.9 Å². The number of benzene rings is 2. The molecule has 34 heavy (non-hydrogen) atoms. The van der Waals surface area contributed by atoms with Gasteiger partial charge in [-0.1, -0.05) is 46.4 Å². The van der Waals surface area contributed by atoms with Gasteiger partial charge in [-0.2, -0.15) is 0 Å². The van der Waals surface area contributed by atoms with E-state index in [1.54, 1.807) is 24.3 Å². The third-order valence-corrected chi connectivity index (χ3v) is 7.15. The largest absolute Gasteiger partial charge is 0.396 e. The standard InChI is InChI=1S/C24H34Cl4N4O2/c1-23(2,31-11-19(33)13-7-15(25)21(29)16(26)8-13)5-6-24(3,4)32-12-20(34)14-9-17(27)22(30)18(28)10-14/h7-10,19-20,31-34H,5-6,11-12,29-30H2,1-4H3. The Labute approximate surface area is 221 Å². The van der Waals surface area contributed by atoms with Crippen molar-refractivity contribution in [3.8, 4) is 0 Å². The van der Waals surface area contributed by atoms with Crippen molar-refractivity contribution in [2.75, 3.05) is 24.6 Å². The summed E-state index contributed by atoms with van der Waals surface area (Å²) in [5.74, 6) is 0. The van der Waals surface area contributed by atoms with Crippen LogP contribution in [0, 0.1) is 0 Å². The van der Waals surface area contributed by atoms with Gasteiger partial charge in [-0.3, -0.25) is 0 Å². The maximum Gasteiger partial charge on any atom is 0.0915 e. The zero-order valence-electron chi connectivity index (χ0n) is 19.9. The first-order valence-corrected chi connectivity index (χ1v) is 12.5. The Morgan fingerprint density at radius 3 is 1.21 bits per heavy atom. The van der Waals surface area contributed by atoms with Crippen molar-refractivity contribution in [1.82, 2.24) is 10.6 Å². The number of aliphatic hydroxyl groups excluding tert-OH is 2. The van der Waals surface area contributed by atoms with Gasteiger partial charge in [0.15, 0.2) is 0 Å². The fourth-order valence-corrected chi connectivity index (χ4v) is 4.38. The van der Waals surface area contributed by atoms with Crippen molar-refractivity contribution in [2.24, 2.45) is 0 Å². The summed E-state index contributed by atoms with van der Waals surface area (Å²) >= 11 is 24.3. The second-order valence-corrected chi connectivity index (χ2v) is 11.5. The van der Waals surface area contributed by atoms with E-state index in [-0.39, 0.29) is 11.1 Å². The summed E-state index contributed by atoms with van der Waals surface area (Å²) in [5, 5.41) is 29.2. The van der Waals surface area contributed by atoms with E-state index in [0.717, 1.165) is 12.8 Å². The predicted molar refractivity (Wildman–Crippen MR) is 145 cm³/mol. The van der Waals surface area contributed by atoms with Gasteiger partial charge in [-0.15, -0.1) is 0 Å². The van der Waals surface area contributed by atoms with Gasteiger partial charge >= 0.3 is 0 Å². The van der Waals surface area contributed by atoms with E-state index >= 15 is 0 Å². The summed E-state index contributed by atoms with van der Waals surface area (Å²) in [6.07, 6.45) is 0.0708. The summed E-state index contributed by atoms with van der Waals surface area (Å²) < 4.78 is 0. The van der Waals surface area contributed by atoms with Crippen LogP contribution in [0.25, 0.3) is 0 Å². The molecule has 0 fully saturated rings. The Balaban J connectivity index is 1.87. The average Bonchev–Trinajstić information content (AvgIpc) is 2.76. The molecule has 190 valence electrons. The minimum absolute atomic E-state index is 0.252. The number of nitrogen functional groups attached to an aromatic ring is 2. The predicted octanol–water partition coefficient (Wildman–Crippen LogP) is 5.75. The molecule has 0 amide bonds. The molecule has 0 bridgehead atoms. The number of hydrogen-bond donors (Lipinski definition) is 6. The number of anilines is 2. The van der Waals surface area contributed by atoms with Gasteiger partial charge in [0.1, 0.15) is 0 Å². The third-order valence-electron chi connectivity index (χ3n) is 5.90. The Hall–Kier alpha value is -0.960. The zero-order valence-corrected chi connectivity index (χ0v) is 22.9. The van der Waals surface area contributed by atoms with Gasteiger partial charge in [-0.25, -0.2) is 0 Å². The van der Waals surface area contributed by atoms with Gasteiger partial charge in [-0.05, 0) is 75.9 Å².